The molecule has 0 bridgehead atoms. The Kier molecular flexibility index (Phi) is 6.04. The van der Waals surface area contributed by atoms with Crippen molar-refractivity contribution in [3.63, 3.8) is 0 Å². The number of carbonyl (C=O) groups is 1. The molecule has 0 spiro atoms. The first kappa shape index (κ1) is 18.6. The van der Waals surface area contributed by atoms with Gasteiger partial charge in [-0.1, -0.05) is 18.3 Å². The number of anilines is 1. The van der Waals surface area contributed by atoms with Gasteiger partial charge in [-0.3, -0.25) is 9.69 Å². The van der Waals surface area contributed by atoms with E-state index in [1.54, 1.807) is 4.90 Å². The third-order valence-electron chi connectivity index (χ3n) is 4.26. The number of aryl methyl sites for hydroxylation is 1. The molecule has 3 rings (SSSR count). The van der Waals surface area contributed by atoms with Crippen LogP contribution in [0.3, 0.4) is 0 Å². The first-order valence-corrected chi connectivity index (χ1v) is 9.70. The van der Waals surface area contributed by atoms with E-state index in [-0.39, 0.29) is 11.7 Å². The number of carbonyl (C=O) groups excluding carboxylic acids is 1. The first-order valence-electron chi connectivity index (χ1n) is 8.88. The topological polar surface area (TPSA) is 92.1 Å². The van der Waals surface area contributed by atoms with Gasteiger partial charge in [-0.15, -0.1) is 5.10 Å². The van der Waals surface area contributed by atoms with Crippen LogP contribution in [0.1, 0.15) is 19.5 Å². The van der Waals surface area contributed by atoms with Gasteiger partial charge < -0.3 is 15.0 Å². The minimum Gasteiger partial charge on any atom is -0.450 e. The van der Waals surface area contributed by atoms with Crippen molar-refractivity contribution in [1.29, 1.82) is 0 Å². The van der Waals surface area contributed by atoms with E-state index in [9.17, 15) is 9.59 Å². The standard InChI is InChI=1S/C16H24N6O3S/c1-3-12-11-13(23)22-15(18-12)26-14(19-22)17-5-6-20-7-9-21(10-8-20)16(24)25-4-2/h11H,3-10H2,1-2H3,(H,17,19). The van der Waals surface area contributed by atoms with Crippen molar-refractivity contribution in [3.8, 4) is 0 Å². The molecular weight excluding hydrogens is 356 g/mol. The Bertz CT molecular complexity index is 812. The van der Waals surface area contributed by atoms with Crippen LogP contribution in [-0.4, -0.2) is 76.4 Å². The van der Waals surface area contributed by atoms with Gasteiger partial charge in [0.15, 0.2) is 0 Å². The molecule has 0 aliphatic carbocycles. The maximum absolute atomic E-state index is 12.0. The maximum atomic E-state index is 12.0. The summed E-state index contributed by atoms with van der Waals surface area (Å²) < 4.78 is 6.36. The van der Waals surface area contributed by atoms with Crippen molar-refractivity contribution in [1.82, 2.24) is 24.4 Å². The highest BCUT2D eigenvalue weighted by Crippen LogP contribution is 2.16. The van der Waals surface area contributed by atoms with E-state index in [2.05, 4.69) is 20.3 Å². The monoisotopic (exact) mass is 380 g/mol. The minimum atomic E-state index is -0.232. The third-order valence-corrected chi connectivity index (χ3v) is 5.13. The summed E-state index contributed by atoms with van der Waals surface area (Å²) in [5.41, 5.74) is 0.635. The zero-order valence-electron chi connectivity index (χ0n) is 15.1. The second-order valence-electron chi connectivity index (χ2n) is 6.00. The van der Waals surface area contributed by atoms with Gasteiger partial charge in [0, 0.05) is 51.0 Å². The van der Waals surface area contributed by atoms with Gasteiger partial charge in [0.2, 0.25) is 10.1 Å². The zero-order valence-corrected chi connectivity index (χ0v) is 15.9. The Labute approximate surface area is 155 Å². The smallest absolute Gasteiger partial charge is 0.409 e. The number of ether oxygens (including phenoxy) is 1. The molecular formula is C16H24N6O3S. The fraction of sp³-hybridized carbons (Fsp3) is 0.625. The van der Waals surface area contributed by atoms with Crippen molar-refractivity contribution >= 4 is 27.5 Å². The molecule has 10 heteroatoms. The van der Waals surface area contributed by atoms with Gasteiger partial charge in [-0.05, 0) is 13.3 Å². The Morgan fingerprint density at radius 2 is 2.08 bits per heavy atom. The summed E-state index contributed by atoms with van der Waals surface area (Å²) >= 11 is 1.38. The molecule has 9 nitrogen and oxygen atoms in total. The van der Waals surface area contributed by atoms with Crippen LogP contribution in [-0.2, 0) is 11.2 Å². The number of hydrogen-bond acceptors (Lipinski definition) is 8. The van der Waals surface area contributed by atoms with Crippen LogP contribution in [0.4, 0.5) is 9.93 Å². The summed E-state index contributed by atoms with van der Waals surface area (Å²) in [5, 5.41) is 8.24. The van der Waals surface area contributed by atoms with Crippen LogP contribution in [0.2, 0.25) is 0 Å². The van der Waals surface area contributed by atoms with E-state index in [4.69, 9.17) is 4.74 Å². The quantitative estimate of drug-likeness (QED) is 0.796. The lowest BCUT2D eigenvalue weighted by molar-refractivity contribution is 0.0807. The van der Waals surface area contributed by atoms with Crippen LogP contribution in [0.15, 0.2) is 10.9 Å². The van der Waals surface area contributed by atoms with Crippen LogP contribution >= 0.6 is 11.3 Å². The maximum Gasteiger partial charge on any atom is 0.409 e. The Morgan fingerprint density at radius 3 is 2.77 bits per heavy atom. The highest BCUT2D eigenvalue weighted by atomic mass is 32.1. The lowest BCUT2D eigenvalue weighted by Gasteiger charge is -2.33. The molecule has 0 radical (unpaired) electrons. The second kappa shape index (κ2) is 8.45. The van der Waals surface area contributed by atoms with Gasteiger partial charge in [0.25, 0.3) is 5.56 Å². The Balaban J connectivity index is 1.48. The van der Waals surface area contributed by atoms with E-state index in [1.807, 2.05) is 13.8 Å². The van der Waals surface area contributed by atoms with Gasteiger partial charge in [-0.25, -0.2) is 9.78 Å². The normalized spacial score (nSPS) is 15.4. The molecule has 1 aliphatic heterocycles. The average Bonchev–Trinajstić information content (AvgIpc) is 3.06. The SMILES string of the molecule is CCOC(=O)N1CCN(CCNc2nn3c(=O)cc(CC)nc3s2)CC1. The number of aromatic nitrogens is 3. The summed E-state index contributed by atoms with van der Waals surface area (Å²) in [6.45, 7) is 8.75. The first-order chi connectivity index (χ1) is 12.6. The molecule has 0 unspecified atom stereocenters. The molecule has 142 valence electrons. The molecule has 2 aromatic heterocycles. The van der Waals surface area contributed by atoms with Crippen molar-refractivity contribution in [2.75, 3.05) is 51.2 Å². The molecule has 1 N–H and O–H groups in total. The number of nitrogens with one attached hydrogen (secondary N) is 1. The number of rotatable bonds is 6. The highest BCUT2D eigenvalue weighted by molar-refractivity contribution is 7.20. The summed E-state index contributed by atoms with van der Waals surface area (Å²) in [6, 6.07) is 1.53. The fourth-order valence-electron chi connectivity index (χ4n) is 2.80. The number of hydrogen-bond donors (Lipinski definition) is 1. The lowest BCUT2D eigenvalue weighted by Crippen LogP contribution is -2.49. The molecule has 3 heterocycles. The van der Waals surface area contributed by atoms with Gasteiger partial charge in [0.1, 0.15) is 0 Å². The van der Waals surface area contributed by atoms with Gasteiger partial charge >= 0.3 is 6.09 Å². The zero-order chi connectivity index (χ0) is 18.5. The van der Waals surface area contributed by atoms with E-state index in [0.29, 0.717) is 36.3 Å². The number of piperazine rings is 1. The highest BCUT2D eigenvalue weighted by Gasteiger charge is 2.21. The molecule has 2 aromatic rings. The fourth-order valence-corrected chi connectivity index (χ4v) is 3.65. The molecule has 0 atom stereocenters. The van der Waals surface area contributed by atoms with Crippen molar-refractivity contribution in [2.45, 2.75) is 20.3 Å². The van der Waals surface area contributed by atoms with Crippen LogP contribution in [0.5, 0.6) is 0 Å². The number of amides is 1. The van der Waals surface area contributed by atoms with Crippen LogP contribution in [0, 0.1) is 0 Å². The predicted octanol–water partition coefficient (Wildman–Crippen LogP) is 0.899. The van der Waals surface area contributed by atoms with Crippen molar-refractivity contribution < 1.29 is 9.53 Å². The van der Waals surface area contributed by atoms with Crippen LogP contribution < -0.4 is 10.9 Å². The molecule has 1 saturated heterocycles. The van der Waals surface area contributed by atoms with Crippen molar-refractivity contribution in [2.24, 2.45) is 0 Å². The molecule has 26 heavy (non-hydrogen) atoms. The molecule has 1 aliphatic rings. The summed E-state index contributed by atoms with van der Waals surface area (Å²) in [4.78, 5) is 32.8. The van der Waals surface area contributed by atoms with Gasteiger partial charge in [0.05, 0.1) is 6.61 Å². The minimum absolute atomic E-state index is 0.147. The Morgan fingerprint density at radius 1 is 1.31 bits per heavy atom. The number of fused-ring (bicyclic) bond motifs is 1. The summed E-state index contributed by atoms with van der Waals surface area (Å²) in [7, 11) is 0. The molecule has 1 fully saturated rings. The average molecular weight is 380 g/mol. The van der Waals surface area contributed by atoms with Crippen molar-refractivity contribution in [3.05, 3.63) is 22.1 Å². The summed E-state index contributed by atoms with van der Waals surface area (Å²) in [6.07, 6.45) is 0.494. The lowest BCUT2D eigenvalue weighted by atomic mass is 10.3. The molecule has 0 aromatic carbocycles. The molecule has 0 saturated carbocycles. The van der Waals surface area contributed by atoms with Crippen LogP contribution in [0.25, 0.3) is 4.96 Å². The van der Waals surface area contributed by atoms with Gasteiger partial charge in [-0.2, -0.15) is 4.52 Å². The number of nitrogens with zero attached hydrogens (tertiary/aromatic N) is 5. The molecule has 1 amide bonds. The summed E-state index contributed by atoms with van der Waals surface area (Å²) in [5.74, 6) is 0. The van der Waals surface area contributed by atoms with E-state index < -0.39 is 0 Å². The van der Waals surface area contributed by atoms with E-state index in [0.717, 1.165) is 31.7 Å². The Hall–Kier alpha value is -2.20. The predicted molar refractivity (Wildman–Crippen MR) is 100 cm³/mol. The second-order valence-corrected chi connectivity index (χ2v) is 6.95. The van der Waals surface area contributed by atoms with E-state index in [1.165, 1.54) is 21.9 Å². The largest absolute Gasteiger partial charge is 0.450 e. The third kappa shape index (κ3) is 4.31. The van der Waals surface area contributed by atoms with E-state index >= 15 is 0 Å².